The zero-order valence-corrected chi connectivity index (χ0v) is 14.4. The topological polar surface area (TPSA) is 80.5 Å². The second-order valence-corrected chi connectivity index (χ2v) is 8.91. The van der Waals surface area contributed by atoms with Crippen LogP contribution in [-0.2, 0) is 20.2 Å². The Kier molecular flexibility index (Phi) is 4.42. The maximum atomic E-state index is 12.2. The van der Waals surface area contributed by atoms with Crippen LogP contribution in [0, 0.1) is 5.92 Å². The number of nitrogens with two attached hydrogens (primary N) is 1. The third-order valence-electron chi connectivity index (χ3n) is 5.02. The van der Waals surface area contributed by atoms with Crippen molar-refractivity contribution in [1.82, 2.24) is 4.90 Å². The van der Waals surface area contributed by atoms with Gasteiger partial charge in [0, 0.05) is 35.9 Å². The van der Waals surface area contributed by atoms with Crippen LogP contribution in [0.4, 0.5) is 0 Å². The summed E-state index contributed by atoms with van der Waals surface area (Å²) in [5.74, 6) is -0.290. The first-order chi connectivity index (χ1) is 10.8. The van der Waals surface area contributed by atoms with Gasteiger partial charge in [-0.3, -0.25) is 4.79 Å². The van der Waals surface area contributed by atoms with Crippen LogP contribution < -0.4 is 5.14 Å². The van der Waals surface area contributed by atoms with Gasteiger partial charge in [0.25, 0.3) is 0 Å². The second-order valence-electron chi connectivity index (χ2n) is 6.81. The van der Waals surface area contributed by atoms with E-state index in [1.807, 2.05) is 29.2 Å². The molecule has 1 amide bonds. The van der Waals surface area contributed by atoms with E-state index in [1.54, 1.807) is 0 Å². The van der Waals surface area contributed by atoms with Gasteiger partial charge in [-0.15, -0.1) is 0 Å². The van der Waals surface area contributed by atoms with Crippen LogP contribution in [0.1, 0.15) is 31.2 Å². The summed E-state index contributed by atoms with van der Waals surface area (Å²) in [6, 6.07) is 7.83. The summed E-state index contributed by atoms with van der Waals surface area (Å²) in [6.45, 7) is 1.12. The van der Waals surface area contributed by atoms with Crippen molar-refractivity contribution in [2.75, 3.05) is 18.8 Å². The Balaban J connectivity index is 1.72. The predicted octanol–water partition coefficient (Wildman–Crippen LogP) is 1.90. The summed E-state index contributed by atoms with van der Waals surface area (Å²) in [4.78, 5) is 14.1. The molecule has 2 N–H and O–H groups in total. The number of benzene rings is 1. The molecule has 0 bridgehead atoms. The molecule has 2 aliphatic rings. The number of carbonyl (C=O) groups excluding carboxylic acids is 1. The number of primary sulfonamides is 1. The fourth-order valence-corrected chi connectivity index (χ4v) is 4.76. The van der Waals surface area contributed by atoms with Crippen LogP contribution in [0.15, 0.2) is 24.3 Å². The van der Waals surface area contributed by atoms with Crippen LogP contribution in [0.3, 0.4) is 0 Å². The Labute approximate surface area is 141 Å². The summed E-state index contributed by atoms with van der Waals surface area (Å²) in [5.41, 5.74) is 1.19. The molecule has 1 heterocycles. The van der Waals surface area contributed by atoms with Crippen LogP contribution in [-0.4, -0.2) is 38.1 Å². The monoisotopic (exact) mass is 356 g/mol. The van der Waals surface area contributed by atoms with E-state index in [0.29, 0.717) is 18.1 Å². The van der Waals surface area contributed by atoms with Gasteiger partial charge in [-0.05, 0) is 30.5 Å². The molecule has 1 aromatic rings. The summed E-state index contributed by atoms with van der Waals surface area (Å²) in [6.07, 6.45) is 3.49. The molecule has 0 spiro atoms. The smallest absolute Gasteiger partial charge is 0.222 e. The number of hydrogen-bond donors (Lipinski definition) is 1. The number of hydrogen-bond acceptors (Lipinski definition) is 3. The summed E-state index contributed by atoms with van der Waals surface area (Å²) in [5, 5.41) is 5.81. The van der Waals surface area contributed by atoms with E-state index < -0.39 is 10.0 Å². The molecule has 126 valence electrons. The van der Waals surface area contributed by atoms with E-state index in [1.165, 1.54) is 5.56 Å². The maximum Gasteiger partial charge on any atom is 0.222 e. The Morgan fingerprint density at radius 2 is 1.91 bits per heavy atom. The van der Waals surface area contributed by atoms with Crippen LogP contribution in [0.2, 0.25) is 5.02 Å². The molecule has 5 nitrogen and oxygen atoms in total. The first kappa shape index (κ1) is 16.7. The van der Waals surface area contributed by atoms with Gasteiger partial charge in [0.05, 0.1) is 5.75 Å². The number of rotatable bonds is 5. The van der Waals surface area contributed by atoms with Crippen molar-refractivity contribution in [2.24, 2.45) is 11.1 Å². The SMILES string of the molecule is NS(=O)(=O)CC1CC(=O)N(CC2(c3ccc(Cl)cc3)CCC2)C1. The van der Waals surface area contributed by atoms with E-state index in [9.17, 15) is 13.2 Å². The number of amides is 1. The number of halogens is 1. The van der Waals surface area contributed by atoms with Crippen molar-refractivity contribution < 1.29 is 13.2 Å². The zero-order chi connectivity index (χ0) is 16.7. The minimum Gasteiger partial charge on any atom is -0.341 e. The number of carbonyl (C=O) groups is 1. The molecular formula is C16H21ClN2O3S. The quantitative estimate of drug-likeness (QED) is 0.874. The van der Waals surface area contributed by atoms with Gasteiger partial charge in [-0.1, -0.05) is 30.2 Å². The molecule has 0 aromatic heterocycles. The van der Waals surface area contributed by atoms with E-state index in [-0.39, 0.29) is 29.4 Å². The van der Waals surface area contributed by atoms with Crippen molar-refractivity contribution in [1.29, 1.82) is 0 Å². The molecule has 0 radical (unpaired) electrons. The molecule has 3 rings (SSSR count). The Morgan fingerprint density at radius 1 is 1.26 bits per heavy atom. The van der Waals surface area contributed by atoms with Gasteiger partial charge in [0.2, 0.25) is 15.9 Å². The molecule has 1 aliphatic carbocycles. The first-order valence-corrected chi connectivity index (χ1v) is 9.91. The Morgan fingerprint density at radius 3 is 2.43 bits per heavy atom. The molecule has 7 heteroatoms. The van der Waals surface area contributed by atoms with Crippen LogP contribution in [0.5, 0.6) is 0 Å². The van der Waals surface area contributed by atoms with Gasteiger partial charge in [-0.2, -0.15) is 0 Å². The minimum absolute atomic E-state index is 0.0171. The fraction of sp³-hybridized carbons (Fsp3) is 0.562. The lowest BCUT2D eigenvalue weighted by Crippen LogP contribution is -2.46. The number of nitrogens with zero attached hydrogens (tertiary/aromatic N) is 1. The number of likely N-dealkylation sites (tertiary alicyclic amines) is 1. The van der Waals surface area contributed by atoms with Gasteiger partial charge in [-0.25, -0.2) is 13.6 Å². The van der Waals surface area contributed by atoms with E-state index in [2.05, 4.69) is 0 Å². The van der Waals surface area contributed by atoms with E-state index in [0.717, 1.165) is 19.3 Å². The zero-order valence-electron chi connectivity index (χ0n) is 12.9. The van der Waals surface area contributed by atoms with E-state index in [4.69, 9.17) is 16.7 Å². The summed E-state index contributed by atoms with van der Waals surface area (Å²) < 4.78 is 22.5. The molecule has 1 aromatic carbocycles. The highest BCUT2D eigenvalue weighted by atomic mass is 35.5. The van der Waals surface area contributed by atoms with Crippen molar-refractivity contribution in [3.63, 3.8) is 0 Å². The van der Waals surface area contributed by atoms with Crippen molar-refractivity contribution in [3.8, 4) is 0 Å². The fourth-order valence-electron chi connectivity index (χ4n) is 3.76. The average molecular weight is 357 g/mol. The van der Waals surface area contributed by atoms with Gasteiger partial charge < -0.3 is 4.90 Å². The summed E-state index contributed by atoms with van der Waals surface area (Å²) >= 11 is 5.96. The molecule has 1 atom stereocenters. The predicted molar refractivity (Wildman–Crippen MR) is 89.6 cm³/mol. The first-order valence-electron chi connectivity index (χ1n) is 7.82. The number of sulfonamides is 1. The third kappa shape index (κ3) is 3.70. The van der Waals surface area contributed by atoms with Crippen LogP contribution >= 0.6 is 11.6 Å². The van der Waals surface area contributed by atoms with Gasteiger partial charge in [0.15, 0.2) is 0 Å². The Bertz CT molecular complexity index is 699. The molecule has 2 fully saturated rings. The largest absolute Gasteiger partial charge is 0.341 e. The standard InChI is InChI=1S/C16H21ClN2O3S/c17-14-4-2-13(3-5-14)16(6-1-7-16)11-19-9-12(8-15(19)20)10-23(18,21)22/h2-5,12H,1,6-11H2,(H2,18,21,22). The average Bonchev–Trinajstić information content (AvgIpc) is 2.72. The molecule has 23 heavy (non-hydrogen) atoms. The Hall–Kier alpha value is -1.11. The summed E-state index contributed by atoms with van der Waals surface area (Å²) in [7, 11) is -3.54. The molecule has 1 saturated carbocycles. The maximum absolute atomic E-state index is 12.2. The molecule has 1 unspecified atom stereocenters. The highest BCUT2D eigenvalue weighted by Crippen LogP contribution is 2.45. The van der Waals surface area contributed by atoms with Crippen molar-refractivity contribution in [3.05, 3.63) is 34.9 Å². The molecule has 1 saturated heterocycles. The third-order valence-corrected chi connectivity index (χ3v) is 6.21. The normalized spacial score (nSPS) is 23.8. The minimum atomic E-state index is -3.54. The van der Waals surface area contributed by atoms with Crippen LogP contribution in [0.25, 0.3) is 0 Å². The second kappa shape index (κ2) is 6.07. The lowest BCUT2D eigenvalue weighted by atomic mass is 9.64. The highest BCUT2D eigenvalue weighted by Gasteiger charge is 2.43. The lowest BCUT2D eigenvalue weighted by Gasteiger charge is -2.45. The van der Waals surface area contributed by atoms with Crippen molar-refractivity contribution in [2.45, 2.75) is 31.1 Å². The van der Waals surface area contributed by atoms with Gasteiger partial charge in [0.1, 0.15) is 0 Å². The van der Waals surface area contributed by atoms with E-state index >= 15 is 0 Å². The molecule has 1 aliphatic heterocycles. The lowest BCUT2D eigenvalue weighted by molar-refractivity contribution is -0.129. The van der Waals surface area contributed by atoms with Crippen molar-refractivity contribution >= 4 is 27.5 Å². The highest BCUT2D eigenvalue weighted by molar-refractivity contribution is 7.89. The van der Waals surface area contributed by atoms with Gasteiger partial charge >= 0.3 is 0 Å². The molecular weight excluding hydrogens is 336 g/mol.